The molecular weight excluding hydrogens is 132 g/mol. The van der Waals surface area contributed by atoms with Gasteiger partial charge in [-0.3, -0.25) is 9.59 Å². The molecule has 0 aliphatic heterocycles. The van der Waals surface area contributed by atoms with E-state index in [0.29, 0.717) is 12.7 Å². The first-order valence-electron chi connectivity index (χ1n) is 2.84. The summed E-state index contributed by atoms with van der Waals surface area (Å²) in [5, 5.41) is 8.89. The molecule has 1 N–H and O–H groups in total. The van der Waals surface area contributed by atoms with Gasteiger partial charge in [-0.25, -0.2) is 0 Å². The smallest absolute Gasteiger partial charge is 0.220 e. The van der Waals surface area contributed by atoms with Gasteiger partial charge in [0, 0.05) is 5.57 Å². The van der Waals surface area contributed by atoms with Crippen molar-refractivity contribution in [3.8, 4) is 0 Å². The van der Waals surface area contributed by atoms with Crippen LogP contribution in [-0.4, -0.2) is 17.2 Å². The third kappa shape index (κ3) is 0.978. The second-order valence-corrected chi connectivity index (χ2v) is 1.96. The van der Waals surface area contributed by atoms with Crippen molar-refractivity contribution in [3.63, 3.8) is 0 Å². The summed E-state index contributed by atoms with van der Waals surface area (Å²) < 4.78 is 0. The fraction of sp³-hybridized carbons (Fsp3) is 0.143. The molecule has 0 bridgehead atoms. The first-order valence-corrected chi connectivity index (χ1v) is 2.84. The van der Waals surface area contributed by atoms with Gasteiger partial charge in [-0.2, -0.15) is 0 Å². The third-order valence-electron chi connectivity index (χ3n) is 1.29. The number of carbonyl (C=O) groups excluding carboxylic acids is 2. The summed E-state index contributed by atoms with van der Waals surface area (Å²) in [6, 6.07) is 0. The molecule has 1 aliphatic carbocycles. The minimum atomic E-state index is -0.492. The Balaban J connectivity index is 2.98. The van der Waals surface area contributed by atoms with E-state index in [1.165, 1.54) is 6.08 Å². The predicted molar refractivity (Wildman–Crippen MR) is 34.5 cm³/mol. The van der Waals surface area contributed by atoms with Gasteiger partial charge in [0.2, 0.25) is 5.78 Å². The summed E-state index contributed by atoms with van der Waals surface area (Å²) in [5.41, 5.74) is 0.160. The average molecular weight is 138 g/mol. The van der Waals surface area contributed by atoms with Crippen LogP contribution >= 0.6 is 0 Å². The van der Waals surface area contributed by atoms with Crippen LogP contribution in [0.25, 0.3) is 0 Å². The Morgan fingerprint density at radius 3 is 2.80 bits per heavy atom. The summed E-state index contributed by atoms with van der Waals surface area (Å²) in [7, 11) is 0. The minimum Gasteiger partial charge on any atom is -0.504 e. The van der Waals surface area contributed by atoms with Crippen LogP contribution in [0.1, 0.15) is 6.42 Å². The number of rotatable bonds is 1. The van der Waals surface area contributed by atoms with E-state index in [2.05, 4.69) is 0 Å². The van der Waals surface area contributed by atoms with E-state index in [1.54, 1.807) is 6.08 Å². The van der Waals surface area contributed by atoms with E-state index in [0.717, 1.165) is 0 Å². The molecule has 0 aromatic carbocycles. The lowest BCUT2D eigenvalue weighted by molar-refractivity contribution is -0.114. The second-order valence-electron chi connectivity index (χ2n) is 1.96. The molecule has 0 radical (unpaired) electrons. The first kappa shape index (κ1) is 6.74. The Labute approximate surface area is 57.7 Å². The van der Waals surface area contributed by atoms with E-state index in [9.17, 15) is 9.59 Å². The molecule has 0 aromatic heterocycles. The van der Waals surface area contributed by atoms with Crippen molar-refractivity contribution in [2.24, 2.45) is 0 Å². The zero-order valence-corrected chi connectivity index (χ0v) is 5.20. The normalized spacial score (nSPS) is 17.8. The lowest BCUT2D eigenvalue weighted by Gasteiger charge is -2.02. The molecule has 0 amide bonds. The van der Waals surface area contributed by atoms with Crippen molar-refractivity contribution >= 4 is 12.1 Å². The highest BCUT2D eigenvalue weighted by Crippen LogP contribution is 2.11. The number of carbonyl (C=O) groups is 2. The van der Waals surface area contributed by atoms with Crippen LogP contribution < -0.4 is 0 Å². The van der Waals surface area contributed by atoms with E-state index < -0.39 is 11.5 Å². The van der Waals surface area contributed by atoms with Crippen LogP contribution in [-0.2, 0) is 9.59 Å². The summed E-state index contributed by atoms with van der Waals surface area (Å²) in [5.74, 6) is -0.911. The van der Waals surface area contributed by atoms with Crippen molar-refractivity contribution < 1.29 is 14.7 Å². The summed E-state index contributed by atoms with van der Waals surface area (Å²) in [6.45, 7) is 0. The number of aliphatic hydroxyl groups is 1. The van der Waals surface area contributed by atoms with Gasteiger partial charge in [-0.05, 0) is 12.5 Å². The maximum Gasteiger partial charge on any atom is 0.220 e. The molecule has 0 fully saturated rings. The average Bonchev–Trinajstić information content (AvgIpc) is 1.95. The van der Waals surface area contributed by atoms with Gasteiger partial charge in [0.05, 0.1) is 0 Å². The van der Waals surface area contributed by atoms with Crippen LogP contribution in [0.15, 0.2) is 23.5 Å². The monoisotopic (exact) mass is 138 g/mol. The molecule has 0 unspecified atom stereocenters. The van der Waals surface area contributed by atoms with E-state index in [4.69, 9.17) is 5.11 Å². The topological polar surface area (TPSA) is 54.4 Å². The van der Waals surface area contributed by atoms with Crippen LogP contribution in [0, 0.1) is 0 Å². The minimum absolute atomic E-state index is 0.160. The Hall–Kier alpha value is -1.38. The molecule has 0 aromatic rings. The molecule has 0 saturated heterocycles. The largest absolute Gasteiger partial charge is 0.504 e. The van der Waals surface area contributed by atoms with E-state index in [1.807, 2.05) is 0 Å². The molecule has 0 saturated carbocycles. The highest BCUT2D eigenvalue weighted by atomic mass is 16.3. The molecule has 52 valence electrons. The fourth-order valence-corrected chi connectivity index (χ4v) is 0.731. The van der Waals surface area contributed by atoms with Gasteiger partial charge in [0.1, 0.15) is 6.29 Å². The second kappa shape index (κ2) is 2.47. The fourth-order valence-electron chi connectivity index (χ4n) is 0.731. The van der Waals surface area contributed by atoms with E-state index >= 15 is 0 Å². The van der Waals surface area contributed by atoms with Gasteiger partial charge in [0.15, 0.2) is 5.76 Å². The highest BCUT2D eigenvalue weighted by Gasteiger charge is 2.13. The van der Waals surface area contributed by atoms with Crippen molar-refractivity contribution in [1.82, 2.24) is 0 Å². The van der Waals surface area contributed by atoms with Crippen LogP contribution in [0.4, 0.5) is 0 Å². The Morgan fingerprint density at radius 1 is 1.60 bits per heavy atom. The standard InChI is InChI=1S/C7H6O3/c8-4-5-2-1-3-6(9)7(5)10/h1,3-4,10H,2H2. The van der Waals surface area contributed by atoms with Gasteiger partial charge in [-0.1, -0.05) is 6.08 Å². The maximum absolute atomic E-state index is 10.6. The van der Waals surface area contributed by atoms with Gasteiger partial charge in [0.25, 0.3) is 0 Å². The van der Waals surface area contributed by atoms with Gasteiger partial charge < -0.3 is 5.11 Å². The predicted octanol–water partition coefficient (Wildman–Crippen LogP) is 0.526. The summed E-state index contributed by atoms with van der Waals surface area (Å²) in [4.78, 5) is 20.7. The summed E-state index contributed by atoms with van der Waals surface area (Å²) >= 11 is 0. The lowest BCUT2D eigenvalue weighted by Crippen LogP contribution is -2.06. The first-order chi connectivity index (χ1) is 4.75. The number of allylic oxidation sites excluding steroid dienone is 3. The van der Waals surface area contributed by atoms with Crippen molar-refractivity contribution in [1.29, 1.82) is 0 Å². The van der Waals surface area contributed by atoms with Gasteiger partial charge >= 0.3 is 0 Å². The van der Waals surface area contributed by atoms with Crippen molar-refractivity contribution in [2.45, 2.75) is 6.42 Å². The van der Waals surface area contributed by atoms with Crippen LogP contribution in [0.2, 0.25) is 0 Å². The highest BCUT2D eigenvalue weighted by molar-refractivity contribution is 6.06. The Kier molecular flexibility index (Phi) is 1.67. The molecule has 0 atom stereocenters. The number of hydrogen-bond acceptors (Lipinski definition) is 3. The number of ketones is 1. The molecule has 3 nitrogen and oxygen atoms in total. The van der Waals surface area contributed by atoms with Gasteiger partial charge in [-0.15, -0.1) is 0 Å². The van der Waals surface area contributed by atoms with Crippen molar-refractivity contribution in [3.05, 3.63) is 23.5 Å². The number of aliphatic hydroxyl groups excluding tert-OH is 1. The quantitative estimate of drug-likeness (QED) is 0.537. The molecule has 3 heteroatoms. The van der Waals surface area contributed by atoms with E-state index in [-0.39, 0.29) is 5.57 Å². The molecule has 1 rings (SSSR count). The molecule has 0 spiro atoms. The third-order valence-corrected chi connectivity index (χ3v) is 1.29. The van der Waals surface area contributed by atoms with Crippen LogP contribution in [0.3, 0.4) is 0 Å². The van der Waals surface area contributed by atoms with Crippen molar-refractivity contribution in [2.75, 3.05) is 0 Å². The Bertz CT molecular complexity index is 235. The molecule has 0 heterocycles. The number of hydrogen-bond donors (Lipinski definition) is 1. The number of aldehydes is 1. The van der Waals surface area contributed by atoms with Crippen LogP contribution in [0.5, 0.6) is 0 Å². The molecular formula is C7H6O3. The molecule has 10 heavy (non-hydrogen) atoms. The Morgan fingerprint density at radius 2 is 2.30 bits per heavy atom. The zero-order chi connectivity index (χ0) is 7.56. The SMILES string of the molecule is O=CC1=C(O)C(=O)C=CC1. The summed E-state index contributed by atoms with van der Waals surface area (Å²) in [6.07, 6.45) is 3.64. The zero-order valence-electron chi connectivity index (χ0n) is 5.20. The maximum atomic E-state index is 10.6. The lowest BCUT2D eigenvalue weighted by atomic mass is 10.0. The molecule has 1 aliphatic rings.